The first-order valence-electron chi connectivity index (χ1n) is 6.24. The molecule has 2 aromatic rings. The van der Waals surface area contributed by atoms with Crippen molar-refractivity contribution in [3.63, 3.8) is 0 Å². The zero-order valence-corrected chi connectivity index (χ0v) is 13.0. The Hall–Kier alpha value is -1.65. The van der Waals surface area contributed by atoms with Crippen molar-refractivity contribution in [2.75, 3.05) is 13.7 Å². The summed E-state index contributed by atoms with van der Waals surface area (Å²) in [4.78, 5) is 10.2. The van der Waals surface area contributed by atoms with Gasteiger partial charge in [-0.15, -0.1) is 0 Å². The molecule has 106 valence electrons. The van der Waals surface area contributed by atoms with E-state index >= 15 is 0 Å². The van der Waals surface area contributed by atoms with Crippen LogP contribution in [0, 0.1) is 0 Å². The molecule has 20 heavy (non-hydrogen) atoms. The minimum absolute atomic E-state index is 0.667. The Labute approximate surface area is 127 Å². The standard InChI is InChI=1S/C9H13NO.C7H5BrO/c1-11-9-5-3-2-4-8(9)6-7-10;8-7-4-2-1-3-6(7)5-9/h2-5H,6-7,10H2,1H3;1-5H. The van der Waals surface area contributed by atoms with Crippen molar-refractivity contribution in [3.8, 4) is 5.75 Å². The molecule has 0 aromatic heterocycles. The molecule has 3 nitrogen and oxygen atoms in total. The molecule has 0 aliphatic heterocycles. The second kappa shape index (κ2) is 9.28. The molecule has 0 fully saturated rings. The molecule has 0 saturated heterocycles. The minimum Gasteiger partial charge on any atom is -0.496 e. The molecule has 0 radical (unpaired) electrons. The number of aldehydes is 1. The van der Waals surface area contributed by atoms with Gasteiger partial charge in [-0.1, -0.05) is 52.3 Å². The first-order valence-corrected chi connectivity index (χ1v) is 7.04. The normalized spacial score (nSPS) is 9.35. The van der Waals surface area contributed by atoms with E-state index in [4.69, 9.17) is 10.5 Å². The van der Waals surface area contributed by atoms with E-state index in [2.05, 4.69) is 15.9 Å². The molecule has 0 atom stereocenters. The molecule has 0 unspecified atom stereocenters. The number of benzene rings is 2. The van der Waals surface area contributed by atoms with E-state index in [-0.39, 0.29) is 0 Å². The highest BCUT2D eigenvalue weighted by Gasteiger charge is 1.98. The maximum absolute atomic E-state index is 10.2. The van der Waals surface area contributed by atoms with Crippen LogP contribution in [0.2, 0.25) is 0 Å². The van der Waals surface area contributed by atoms with Crippen LogP contribution in [0.15, 0.2) is 53.0 Å². The van der Waals surface area contributed by atoms with Crippen LogP contribution in [-0.2, 0) is 6.42 Å². The molecular weight excluding hydrogens is 318 g/mol. The van der Waals surface area contributed by atoms with Crippen molar-refractivity contribution in [2.24, 2.45) is 5.73 Å². The SMILES string of the molecule is COc1ccccc1CCN.O=Cc1ccccc1Br. The van der Waals surface area contributed by atoms with Gasteiger partial charge in [-0.2, -0.15) is 0 Å². The number of hydrogen-bond acceptors (Lipinski definition) is 3. The molecule has 0 spiro atoms. The van der Waals surface area contributed by atoms with Gasteiger partial charge >= 0.3 is 0 Å². The number of carbonyl (C=O) groups excluding carboxylic acids is 1. The summed E-state index contributed by atoms with van der Waals surface area (Å²) in [6, 6.07) is 15.2. The molecule has 4 heteroatoms. The van der Waals surface area contributed by atoms with Crippen LogP contribution in [-0.4, -0.2) is 19.9 Å². The third-order valence-electron chi connectivity index (χ3n) is 2.64. The van der Waals surface area contributed by atoms with E-state index in [1.807, 2.05) is 42.5 Å². The lowest BCUT2D eigenvalue weighted by Gasteiger charge is -2.05. The largest absolute Gasteiger partial charge is 0.496 e. The summed E-state index contributed by atoms with van der Waals surface area (Å²) < 4.78 is 5.99. The predicted molar refractivity (Wildman–Crippen MR) is 85.3 cm³/mol. The Morgan fingerprint density at radius 1 is 1.15 bits per heavy atom. The molecule has 0 heterocycles. The second-order valence-corrected chi connectivity index (χ2v) is 4.84. The van der Waals surface area contributed by atoms with Crippen molar-refractivity contribution in [2.45, 2.75) is 6.42 Å². The maximum Gasteiger partial charge on any atom is 0.151 e. The lowest BCUT2D eigenvalue weighted by molar-refractivity contribution is 0.112. The zero-order chi connectivity index (χ0) is 14.8. The number of ether oxygens (including phenoxy) is 1. The number of carbonyl (C=O) groups is 1. The molecule has 0 bridgehead atoms. The summed E-state index contributed by atoms with van der Waals surface area (Å²) >= 11 is 3.23. The van der Waals surface area contributed by atoms with Gasteiger partial charge in [-0.05, 0) is 30.7 Å². The van der Waals surface area contributed by atoms with Gasteiger partial charge in [0.15, 0.2) is 6.29 Å². The first kappa shape index (κ1) is 16.4. The molecule has 0 saturated carbocycles. The molecule has 0 aliphatic carbocycles. The van der Waals surface area contributed by atoms with Crippen molar-refractivity contribution in [1.82, 2.24) is 0 Å². The summed E-state index contributed by atoms with van der Waals surface area (Å²) in [5.74, 6) is 0.929. The summed E-state index contributed by atoms with van der Waals surface area (Å²) in [7, 11) is 1.68. The highest BCUT2D eigenvalue weighted by molar-refractivity contribution is 9.10. The summed E-state index contributed by atoms with van der Waals surface area (Å²) in [6.45, 7) is 0.667. The average molecular weight is 336 g/mol. The number of hydrogen-bond donors (Lipinski definition) is 1. The summed E-state index contributed by atoms with van der Waals surface area (Å²) in [6.07, 6.45) is 1.70. The van der Waals surface area contributed by atoms with E-state index in [0.29, 0.717) is 12.1 Å². The van der Waals surface area contributed by atoms with Crippen molar-refractivity contribution < 1.29 is 9.53 Å². The lowest BCUT2D eigenvalue weighted by atomic mass is 10.1. The van der Waals surface area contributed by atoms with Gasteiger partial charge in [0.05, 0.1) is 7.11 Å². The van der Waals surface area contributed by atoms with E-state index < -0.39 is 0 Å². The number of nitrogens with two attached hydrogens (primary N) is 1. The molecule has 0 aliphatic rings. The van der Waals surface area contributed by atoms with Crippen LogP contribution < -0.4 is 10.5 Å². The van der Waals surface area contributed by atoms with Crippen molar-refractivity contribution >= 4 is 22.2 Å². The summed E-state index contributed by atoms with van der Waals surface area (Å²) in [5.41, 5.74) is 7.30. The predicted octanol–water partition coefficient (Wildman–Crippen LogP) is 3.46. The average Bonchev–Trinajstić information content (AvgIpc) is 2.49. The number of halogens is 1. The maximum atomic E-state index is 10.2. The molecule has 2 N–H and O–H groups in total. The number of para-hydroxylation sites is 1. The topological polar surface area (TPSA) is 52.3 Å². The molecule has 0 amide bonds. The lowest BCUT2D eigenvalue weighted by Crippen LogP contribution is -2.03. The van der Waals surface area contributed by atoms with Gasteiger partial charge in [-0.3, -0.25) is 4.79 Å². The van der Waals surface area contributed by atoms with Crippen LogP contribution >= 0.6 is 15.9 Å². The Bertz CT molecular complexity index is 544. The Morgan fingerprint density at radius 3 is 2.35 bits per heavy atom. The Kier molecular flexibility index (Phi) is 7.62. The number of rotatable bonds is 4. The van der Waals surface area contributed by atoms with Gasteiger partial charge in [-0.25, -0.2) is 0 Å². The Morgan fingerprint density at radius 2 is 1.80 bits per heavy atom. The van der Waals surface area contributed by atoms with E-state index in [1.165, 1.54) is 5.56 Å². The van der Waals surface area contributed by atoms with Gasteiger partial charge in [0, 0.05) is 10.0 Å². The van der Waals surface area contributed by atoms with E-state index in [9.17, 15) is 4.79 Å². The van der Waals surface area contributed by atoms with E-state index in [1.54, 1.807) is 13.2 Å². The van der Waals surface area contributed by atoms with Crippen LogP contribution in [0.25, 0.3) is 0 Å². The highest BCUT2D eigenvalue weighted by Crippen LogP contribution is 2.16. The molecular formula is C16H18BrNO2. The van der Waals surface area contributed by atoms with Gasteiger partial charge in [0.2, 0.25) is 0 Å². The molecule has 2 rings (SSSR count). The van der Waals surface area contributed by atoms with E-state index in [0.717, 1.165) is 22.9 Å². The fourth-order valence-corrected chi connectivity index (χ4v) is 2.01. The van der Waals surface area contributed by atoms with Gasteiger partial charge in [0.25, 0.3) is 0 Å². The van der Waals surface area contributed by atoms with Gasteiger partial charge in [0.1, 0.15) is 5.75 Å². The summed E-state index contributed by atoms with van der Waals surface area (Å²) in [5, 5.41) is 0. The monoisotopic (exact) mass is 335 g/mol. The van der Waals surface area contributed by atoms with Crippen LogP contribution in [0.4, 0.5) is 0 Å². The van der Waals surface area contributed by atoms with Crippen LogP contribution in [0.5, 0.6) is 5.75 Å². The van der Waals surface area contributed by atoms with Crippen molar-refractivity contribution in [3.05, 3.63) is 64.1 Å². The first-order chi connectivity index (χ1) is 9.72. The minimum atomic E-state index is 0.667. The second-order valence-electron chi connectivity index (χ2n) is 3.99. The smallest absolute Gasteiger partial charge is 0.151 e. The third-order valence-corrected chi connectivity index (χ3v) is 3.36. The van der Waals surface area contributed by atoms with Crippen molar-refractivity contribution in [1.29, 1.82) is 0 Å². The fraction of sp³-hybridized carbons (Fsp3) is 0.188. The van der Waals surface area contributed by atoms with Gasteiger partial charge < -0.3 is 10.5 Å². The fourth-order valence-electron chi connectivity index (χ4n) is 1.64. The van der Waals surface area contributed by atoms with Crippen LogP contribution in [0.3, 0.4) is 0 Å². The van der Waals surface area contributed by atoms with Crippen LogP contribution in [0.1, 0.15) is 15.9 Å². The highest BCUT2D eigenvalue weighted by atomic mass is 79.9. The number of methoxy groups -OCH3 is 1. The third kappa shape index (κ3) is 5.15. The zero-order valence-electron chi connectivity index (χ0n) is 11.4. The molecule has 2 aromatic carbocycles. The quantitative estimate of drug-likeness (QED) is 0.870. The Balaban J connectivity index is 0.000000204.